The summed E-state index contributed by atoms with van der Waals surface area (Å²) in [5.74, 6) is 0.233. The summed E-state index contributed by atoms with van der Waals surface area (Å²) >= 11 is 17.3. The average molecular weight is 519 g/mol. The number of halogens is 3. The number of nitrogens with zero attached hydrogens (tertiary/aromatic N) is 1. The van der Waals surface area contributed by atoms with E-state index >= 15 is 0 Å². The molecule has 3 atom stereocenters. The molecule has 178 valence electrons. The lowest BCUT2D eigenvalue weighted by Gasteiger charge is -2.29. The van der Waals surface area contributed by atoms with Gasteiger partial charge in [-0.1, -0.05) is 65.1 Å². The number of ether oxygens (including phenoxy) is 5. The molecule has 1 heterocycles. The molecule has 3 rings (SSSR count). The molecular formula is C22H22Cl3NO7. The third-order valence-corrected chi connectivity index (χ3v) is 5.29. The molecule has 1 aliphatic heterocycles. The summed E-state index contributed by atoms with van der Waals surface area (Å²) in [6, 6.07) is 13.0. The fourth-order valence-corrected chi connectivity index (χ4v) is 3.69. The number of hydrogen-bond acceptors (Lipinski definition) is 7. The van der Waals surface area contributed by atoms with E-state index in [9.17, 15) is 9.59 Å². The number of esters is 1. The van der Waals surface area contributed by atoms with Gasteiger partial charge in [-0.3, -0.25) is 4.90 Å². The Morgan fingerprint density at radius 3 is 2.30 bits per heavy atom. The second-order valence-electron chi connectivity index (χ2n) is 6.97. The third-order valence-electron chi connectivity index (χ3n) is 4.97. The van der Waals surface area contributed by atoms with E-state index in [4.69, 9.17) is 58.5 Å². The van der Waals surface area contributed by atoms with Gasteiger partial charge in [0, 0.05) is 11.6 Å². The zero-order valence-corrected chi connectivity index (χ0v) is 20.3. The molecule has 0 aromatic heterocycles. The van der Waals surface area contributed by atoms with Crippen molar-refractivity contribution in [1.82, 2.24) is 4.90 Å². The van der Waals surface area contributed by atoms with Crippen molar-refractivity contribution >= 4 is 46.9 Å². The molecular weight excluding hydrogens is 497 g/mol. The van der Waals surface area contributed by atoms with Crippen molar-refractivity contribution < 1.29 is 33.3 Å². The maximum absolute atomic E-state index is 13.3. The molecule has 1 amide bonds. The average Bonchev–Trinajstić information content (AvgIpc) is 3.22. The molecule has 1 saturated heterocycles. The molecule has 0 spiro atoms. The van der Waals surface area contributed by atoms with Gasteiger partial charge in [-0.2, -0.15) is 0 Å². The zero-order valence-electron chi connectivity index (χ0n) is 18.0. The Kier molecular flexibility index (Phi) is 8.18. The van der Waals surface area contributed by atoms with Crippen LogP contribution in [-0.4, -0.2) is 54.8 Å². The monoisotopic (exact) mass is 517 g/mol. The predicted molar refractivity (Wildman–Crippen MR) is 122 cm³/mol. The summed E-state index contributed by atoms with van der Waals surface area (Å²) in [4.78, 5) is 27.2. The number of methoxy groups -OCH3 is 3. The number of alkyl halides is 3. The summed E-state index contributed by atoms with van der Waals surface area (Å²) in [5, 5.41) is 0. The molecule has 1 unspecified atom stereocenters. The Bertz CT molecular complexity index is 984. The van der Waals surface area contributed by atoms with Crippen LogP contribution in [0.15, 0.2) is 48.5 Å². The second kappa shape index (κ2) is 10.7. The molecule has 8 nitrogen and oxygen atoms in total. The molecule has 0 aliphatic carbocycles. The van der Waals surface area contributed by atoms with Crippen molar-refractivity contribution in [3.05, 3.63) is 59.7 Å². The van der Waals surface area contributed by atoms with E-state index in [1.165, 1.54) is 26.2 Å². The van der Waals surface area contributed by atoms with Crippen LogP contribution < -0.4 is 9.47 Å². The molecule has 1 aliphatic rings. The van der Waals surface area contributed by atoms with Crippen LogP contribution in [0.4, 0.5) is 4.79 Å². The Morgan fingerprint density at radius 2 is 1.73 bits per heavy atom. The number of amides is 1. The van der Waals surface area contributed by atoms with E-state index in [0.717, 1.165) is 0 Å². The van der Waals surface area contributed by atoms with Crippen molar-refractivity contribution in [3.8, 4) is 11.5 Å². The summed E-state index contributed by atoms with van der Waals surface area (Å²) in [5.41, 5.74) is 1.07. The molecule has 33 heavy (non-hydrogen) atoms. The van der Waals surface area contributed by atoms with E-state index in [2.05, 4.69) is 0 Å². The Hall–Kier alpha value is -2.39. The molecule has 2 aromatic rings. The van der Waals surface area contributed by atoms with Crippen LogP contribution in [0.2, 0.25) is 0 Å². The number of carbonyl (C=O) groups is 2. The van der Waals surface area contributed by atoms with Gasteiger partial charge in [-0.05, 0) is 17.7 Å². The second-order valence-corrected chi connectivity index (χ2v) is 9.49. The Morgan fingerprint density at radius 1 is 1.03 bits per heavy atom. The summed E-state index contributed by atoms with van der Waals surface area (Å²) in [7, 11) is 4.21. The van der Waals surface area contributed by atoms with Crippen LogP contribution in [0.25, 0.3) is 0 Å². The largest absolute Gasteiger partial charge is 0.497 e. The fourth-order valence-electron chi connectivity index (χ4n) is 3.53. The summed E-state index contributed by atoms with van der Waals surface area (Å²) in [6.07, 6.45) is -3.10. The topological polar surface area (TPSA) is 83.5 Å². The highest BCUT2D eigenvalue weighted by Gasteiger charge is 2.52. The van der Waals surface area contributed by atoms with Crippen LogP contribution >= 0.6 is 34.8 Å². The molecule has 0 radical (unpaired) electrons. The van der Waals surface area contributed by atoms with Crippen LogP contribution in [-0.2, 0) is 19.0 Å². The van der Waals surface area contributed by atoms with Gasteiger partial charge >= 0.3 is 12.1 Å². The van der Waals surface area contributed by atoms with Gasteiger partial charge in [0.2, 0.25) is 3.79 Å². The predicted octanol–water partition coefficient (Wildman–Crippen LogP) is 4.82. The number of carbonyl (C=O) groups excluding carboxylic acids is 2. The maximum Gasteiger partial charge on any atom is 0.412 e. The van der Waals surface area contributed by atoms with Gasteiger partial charge in [-0.25, -0.2) is 9.59 Å². The van der Waals surface area contributed by atoms with E-state index < -0.39 is 40.8 Å². The first-order valence-corrected chi connectivity index (χ1v) is 10.9. The lowest BCUT2D eigenvalue weighted by molar-refractivity contribution is -0.154. The lowest BCUT2D eigenvalue weighted by atomic mass is 10.0. The number of hydrogen-bond donors (Lipinski definition) is 0. The molecule has 0 bridgehead atoms. The highest BCUT2D eigenvalue weighted by Crippen LogP contribution is 2.47. The maximum atomic E-state index is 13.3. The minimum absolute atomic E-state index is 0.371. The highest BCUT2D eigenvalue weighted by molar-refractivity contribution is 6.67. The Balaban J connectivity index is 2.12. The quantitative estimate of drug-likeness (QED) is 0.400. The van der Waals surface area contributed by atoms with Gasteiger partial charge in [0.15, 0.2) is 12.3 Å². The van der Waals surface area contributed by atoms with E-state index in [-0.39, 0.29) is 0 Å². The Labute approximate surface area is 206 Å². The third kappa shape index (κ3) is 5.76. The van der Waals surface area contributed by atoms with Crippen LogP contribution in [0.5, 0.6) is 11.5 Å². The van der Waals surface area contributed by atoms with Gasteiger partial charge in [-0.15, -0.1) is 0 Å². The normalized spacial score (nSPS) is 20.3. The molecule has 2 aromatic carbocycles. The van der Waals surface area contributed by atoms with E-state index in [1.54, 1.807) is 42.5 Å². The summed E-state index contributed by atoms with van der Waals surface area (Å²) < 4.78 is 25.2. The first-order chi connectivity index (χ1) is 15.7. The SMILES string of the molecule is COC(=O)[C@@H]1OC(c2ccc(OC)cc2OC)N(C(=O)OCC(Cl)(Cl)Cl)[C@H]1c1ccccc1. The molecule has 0 saturated carbocycles. The number of benzene rings is 2. The van der Waals surface area contributed by atoms with Gasteiger partial charge in [0.05, 0.1) is 21.3 Å². The highest BCUT2D eigenvalue weighted by atomic mass is 35.6. The standard InChI is InChI=1S/C22H22Cl3NO7/c1-29-14-9-10-15(16(11-14)30-2)19-26(21(28)32-12-22(23,24)25)17(13-7-5-4-6-8-13)18(33-19)20(27)31-3/h4-11,17-19H,12H2,1-3H3/t17-,18+,19?/m0/s1. The van der Waals surface area contributed by atoms with Crippen molar-refractivity contribution in [2.24, 2.45) is 0 Å². The molecule has 1 fully saturated rings. The van der Waals surface area contributed by atoms with Gasteiger partial charge < -0.3 is 23.7 Å². The van der Waals surface area contributed by atoms with Crippen molar-refractivity contribution in [3.63, 3.8) is 0 Å². The number of rotatable bonds is 6. The van der Waals surface area contributed by atoms with Crippen molar-refractivity contribution in [2.75, 3.05) is 27.9 Å². The van der Waals surface area contributed by atoms with Crippen LogP contribution in [0.3, 0.4) is 0 Å². The van der Waals surface area contributed by atoms with Crippen molar-refractivity contribution in [1.29, 1.82) is 0 Å². The fraction of sp³-hybridized carbons (Fsp3) is 0.364. The summed E-state index contributed by atoms with van der Waals surface area (Å²) in [6.45, 7) is -0.510. The minimum Gasteiger partial charge on any atom is -0.497 e. The first kappa shape index (κ1) is 25.2. The molecule has 0 N–H and O–H groups in total. The van der Waals surface area contributed by atoms with Crippen LogP contribution in [0, 0.1) is 0 Å². The van der Waals surface area contributed by atoms with Gasteiger partial charge in [0.25, 0.3) is 0 Å². The van der Waals surface area contributed by atoms with Gasteiger partial charge in [0.1, 0.15) is 24.1 Å². The smallest absolute Gasteiger partial charge is 0.412 e. The minimum atomic E-state index is -1.83. The van der Waals surface area contributed by atoms with E-state index in [0.29, 0.717) is 22.6 Å². The zero-order chi connectivity index (χ0) is 24.2. The molecule has 11 heteroatoms. The first-order valence-electron chi connectivity index (χ1n) is 9.72. The van der Waals surface area contributed by atoms with Crippen molar-refractivity contribution in [2.45, 2.75) is 22.2 Å². The van der Waals surface area contributed by atoms with E-state index in [1.807, 2.05) is 6.07 Å². The lowest BCUT2D eigenvalue weighted by Crippen LogP contribution is -2.38. The van der Waals surface area contributed by atoms with Crippen LogP contribution in [0.1, 0.15) is 23.4 Å².